The van der Waals surface area contributed by atoms with Crippen molar-refractivity contribution < 1.29 is 0 Å². The molecule has 2 aromatic rings. The number of hydrogen-bond donors (Lipinski definition) is 0. The van der Waals surface area contributed by atoms with Crippen LogP contribution in [-0.4, -0.2) is 4.98 Å². The van der Waals surface area contributed by atoms with Crippen molar-refractivity contribution in [1.29, 1.82) is 0 Å². The second-order valence-corrected chi connectivity index (χ2v) is 4.60. The summed E-state index contributed by atoms with van der Waals surface area (Å²) < 4.78 is 0.615. The molecular weight excluding hydrogens is 308 g/mol. The molecule has 0 aliphatic carbocycles. The van der Waals surface area contributed by atoms with E-state index < -0.39 is 0 Å². The molecule has 0 N–H and O–H groups in total. The molecule has 72 valence electrons. The molecular formula is C9H3BrCl3N. The van der Waals surface area contributed by atoms with Gasteiger partial charge in [0.05, 0.1) is 19.5 Å². The largest absolute Gasteiger partial charge is 0.264 e. The van der Waals surface area contributed by atoms with E-state index in [1.165, 1.54) is 0 Å². The predicted octanol–water partition coefficient (Wildman–Crippen LogP) is 4.96. The number of aromatic nitrogens is 1. The van der Waals surface area contributed by atoms with Crippen molar-refractivity contribution in [3.8, 4) is 0 Å². The monoisotopic (exact) mass is 309 g/mol. The molecule has 14 heavy (non-hydrogen) atoms. The van der Waals surface area contributed by atoms with E-state index in [4.69, 9.17) is 34.8 Å². The molecule has 0 bridgehead atoms. The molecule has 5 heteroatoms. The third kappa shape index (κ3) is 1.50. The second kappa shape index (κ2) is 3.86. The van der Waals surface area contributed by atoms with Crippen molar-refractivity contribution in [2.75, 3.05) is 0 Å². The quantitative estimate of drug-likeness (QED) is 0.495. The average Bonchev–Trinajstić information content (AvgIpc) is 2.23. The Hall–Kier alpha value is -0.0200. The van der Waals surface area contributed by atoms with Gasteiger partial charge in [0.15, 0.2) is 0 Å². The van der Waals surface area contributed by atoms with E-state index in [0.29, 0.717) is 19.5 Å². The summed E-state index contributed by atoms with van der Waals surface area (Å²) in [6, 6.07) is 1.80. The lowest BCUT2D eigenvalue weighted by molar-refractivity contribution is 1.36. The fourth-order valence-electron chi connectivity index (χ4n) is 1.19. The van der Waals surface area contributed by atoms with Gasteiger partial charge in [0.25, 0.3) is 0 Å². The molecule has 2 rings (SSSR count). The minimum atomic E-state index is 0.414. The Morgan fingerprint density at radius 2 is 1.71 bits per heavy atom. The lowest BCUT2D eigenvalue weighted by Gasteiger charge is -2.07. The zero-order valence-electron chi connectivity index (χ0n) is 6.69. The molecule has 1 heterocycles. The Labute approximate surface area is 104 Å². The maximum atomic E-state index is 6.09. The van der Waals surface area contributed by atoms with Gasteiger partial charge in [0.1, 0.15) is 0 Å². The lowest BCUT2D eigenvalue weighted by Crippen LogP contribution is -1.82. The highest BCUT2D eigenvalue weighted by molar-refractivity contribution is 9.10. The molecule has 0 radical (unpaired) electrons. The predicted molar refractivity (Wildman–Crippen MR) is 64.5 cm³/mol. The molecule has 0 amide bonds. The van der Waals surface area contributed by atoms with Gasteiger partial charge >= 0.3 is 0 Å². The Balaban J connectivity index is 3.02. The average molecular weight is 311 g/mol. The van der Waals surface area contributed by atoms with E-state index in [1.54, 1.807) is 18.5 Å². The molecule has 0 atom stereocenters. The van der Waals surface area contributed by atoms with Crippen LogP contribution >= 0.6 is 50.7 Å². The van der Waals surface area contributed by atoms with Crippen LogP contribution in [0.15, 0.2) is 22.9 Å². The van der Waals surface area contributed by atoms with E-state index in [1.807, 2.05) is 0 Å². The van der Waals surface area contributed by atoms with E-state index in [0.717, 1.165) is 10.8 Å². The number of benzene rings is 1. The molecule has 1 nitrogen and oxygen atoms in total. The fraction of sp³-hybridized carbons (Fsp3) is 0. The zero-order valence-corrected chi connectivity index (χ0v) is 10.5. The topological polar surface area (TPSA) is 12.9 Å². The van der Waals surface area contributed by atoms with Gasteiger partial charge in [-0.3, -0.25) is 4.98 Å². The zero-order chi connectivity index (χ0) is 10.3. The normalized spacial score (nSPS) is 10.9. The van der Waals surface area contributed by atoms with Crippen molar-refractivity contribution >= 4 is 61.5 Å². The first-order valence-electron chi connectivity index (χ1n) is 3.68. The molecule has 0 saturated heterocycles. The van der Waals surface area contributed by atoms with E-state index in [9.17, 15) is 0 Å². The van der Waals surface area contributed by atoms with Crippen molar-refractivity contribution in [3.63, 3.8) is 0 Å². The molecule has 0 saturated carbocycles. The van der Waals surface area contributed by atoms with Crippen LogP contribution in [0.4, 0.5) is 0 Å². The minimum absolute atomic E-state index is 0.414. The van der Waals surface area contributed by atoms with Gasteiger partial charge in [-0.15, -0.1) is 0 Å². The Morgan fingerprint density at radius 1 is 1.00 bits per heavy atom. The van der Waals surface area contributed by atoms with Crippen molar-refractivity contribution in [2.24, 2.45) is 0 Å². The van der Waals surface area contributed by atoms with E-state index in [2.05, 4.69) is 20.9 Å². The van der Waals surface area contributed by atoms with Crippen LogP contribution in [0.25, 0.3) is 10.8 Å². The maximum Gasteiger partial charge on any atom is 0.0756 e. The first kappa shape index (κ1) is 10.5. The second-order valence-electron chi connectivity index (χ2n) is 2.68. The molecule has 0 spiro atoms. The third-order valence-electron chi connectivity index (χ3n) is 1.87. The molecule has 0 aliphatic heterocycles. The number of halogens is 4. The lowest BCUT2D eigenvalue weighted by atomic mass is 10.2. The van der Waals surface area contributed by atoms with Gasteiger partial charge in [-0.25, -0.2) is 0 Å². The summed E-state index contributed by atoms with van der Waals surface area (Å²) in [5.41, 5.74) is 0. The summed E-state index contributed by atoms with van der Waals surface area (Å²) >= 11 is 21.4. The maximum absolute atomic E-state index is 6.09. The van der Waals surface area contributed by atoms with Crippen LogP contribution in [0.2, 0.25) is 15.1 Å². The Kier molecular flexibility index (Phi) is 2.89. The van der Waals surface area contributed by atoms with Crippen LogP contribution in [0.3, 0.4) is 0 Å². The van der Waals surface area contributed by atoms with Gasteiger partial charge in [0, 0.05) is 23.2 Å². The smallest absolute Gasteiger partial charge is 0.0756 e. The number of hydrogen-bond acceptors (Lipinski definition) is 1. The summed E-state index contributed by atoms with van der Waals surface area (Å²) in [7, 11) is 0. The van der Waals surface area contributed by atoms with Crippen molar-refractivity contribution in [1.82, 2.24) is 4.98 Å². The molecule has 1 aromatic carbocycles. The van der Waals surface area contributed by atoms with E-state index in [-0.39, 0.29) is 0 Å². The summed E-state index contributed by atoms with van der Waals surface area (Å²) in [5.74, 6) is 0. The van der Waals surface area contributed by atoms with Crippen LogP contribution in [0, 0.1) is 0 Å². The first-order valence-corrected chi connectivity index (χ1v) is 5.61. The number of pyridine rings is 1. The van der Waals surface area contributed by atoms with Crippen LogP contribution in [-0.2, 0) is 0 Å². The standard InChI is InChI=1S/C9H3BrCl3N/c10-6-7(11)4-1-2-14-3-5(4)8(12)9(6)13/h1-3H. The highest BCUT2D eigenvalue weighted by atomic mass is 79.9. The van der Waals surface area contributed by atoms with Crippen LogP contribution in [0.1, 0.15) is 0 Å². The highest BCUT2D eigenvalue weighted by Crippen LogP contribution is 2.42. The van der Waals surface area contributed by atoms with Gasteiger partial charge < -0.3 is 0 Å². The summed E-state index contributed by atoms with van der Waals surface area (Å²) in [5, 5.41) is 3.02. The van der Waals surface area contributed by atoms with Crippen LogP contribution in [0.5, 0.6) is 0 Å². The summed E-state index contributed by atoms with van der Waals surface area (Å²) in [6.45, 7) is 0. The molecule has 0 fully saturated rings. The molecule has 0 unspecified atom stereocenters. The van der Waals surface area contributed by atoms with Crippen molar-refractivity contribution in [2.45, 2.75) is 0 Å². The van der Waals surface area contributed by atoms with Gasteiger partial charge in [-0.1, -0.05) is 34.8 Å². The Morgan fingerprint density at radius 3 is 2.43 bits per heavy atom. The highest BCUT2D eigenvalue weighted by Gasteiger charge is 2.13. The third-order valence-corrected chi connectivity index (χ3v) is 4.38. The number of fused-ring (bicyclic) bond motifs is 1. The minimum Gasteiger partial charge on any atom is -0.264 e. The van der Waals surface area contributed by atoms with Gasteiger partial charge in [-0.05, 0) is 22.0 Å². The number of nitrogens with zero attached hydrogens (tertiary/aromatic N) is 1. The summed E-state index contributed by atoms with van der Waals surface area (Å²) in [4.78, 5) is 3.97. The fourth-order valence-corrected chi connectivity index (χ4v) is 2.46. The van der Waals surface area contributed by atoms with Crippen LogP contribution < -0.4 is 0 Å². The summed E-state index contributed by atoms with van der Waals surface area (Å²) in [6.07, 6.45) is 3.30. The Bertz CT molecular complexity index is 466. The van der Waals surface area contributed by atoms with Gasteiger partial charge in [0.2, 0.25) is 0 Å². The SMILES string of the molecule is Clc1c(Br)c(Cl)c2ccncc2c1Cl. The number of rotatable bonds is 0. The van der Waals surface area contributed by atoms with E-state index >= 15 is 0 Å². The van der Waals surface area contributed by atoms with Gasteiger partial charge in [-0.2, -0.15) is 0 Å². The van der Waals surface area contributed by atoms with Crippen molar-refractivity contribution in [3.05, 3.63) is 38.0 Å². The first-order chi connectivity index (χ1) is 6.63. The molecule has 0 aliphatic rings. The molecule has 1 aromatic heterocycles.